The number of nitrogens with zero attached hydrogens (tertiary/aromatic N) is 2. The fourth-order valence-electron chi connectivity index (χ4n) is 2.56. The van der Waals surface area contributed by atoms with E-state index in [0.717, 1.165) is 15.8 Å². The Morgan fingerprint density at radius 3 is 2.90 bits per heavy atom. The number of aliphatic hydroxyl groups is 1. The zero-order valence-corrected chi connectivity index (χ0v) is 17.4. The molecule has 0 aliphatic heterocycles. The van der Waals surface area contributed by atoms with E-state index >= 15 is 0 Å². The third kappa shape index (κ3) is 5.75. The Hall–Kier alpha value is -2.97. The Bertz CT molecular complexity index is 1090. The lowest BCUT2D eigenvalue weighted by Crippen LogP contribution is -2.27. The first-order chi connectivity index (χ1) is 13.7. The SMILES string of the molecule is CC(C(N)=CC=Nc1ccc(OCC(C)(C)O)cn1)c1ccc2[nH]c(=O)sc2c1. The smallest absolute Gasteiger partial charge is 0.305 e. The van der Waals surface area contributed by atoms with E-state index in [9.17, 15) is 9.90 Å². The second-order valence-electron chi connectivity index (χ2n) is 7.39. The Kier molecular flexibility index (Phi) is 6.14. The number of allylic oxidation sites excluding steroid dienone is 2. The molecular formula is C21H24N4O3S. The molecule has 152 valence electrons. The minimum Gasteiger partial charge on any atom is -0.489 e. The van der Waals surface area contributed by atoms with Gasteiger partial charge in [-0.3, -0.25) is 4.79 Å². The van der Waals surface area contributed by atoms with Gasteiger partial charge in [0.1, 0.15) is 12.4 Å². The van der Waals surface area contributed by atoms with Crippen LogP contribution in [-0.4, -0.2) is 33.5 Å². The van der Waals surface area contributed by atoms with Gasteiger partial charge in [-0.25, -0.2) is 9.98 Å². The van der Waals surface area contributed by atoms with Crippen LogP contribution in [0.5, 0.6) is 5.75 Å². The van der Waals surface area contributed by atoms with E-state index in [2.05, 4.69) is 15.0 Å². The van der Waals surface area contributed by atoms with Crippen molar-refractivity contribution in [3.8, 4) is 5.75 Å². The number of hydrogen-bond donors (Lipinski definition) is 3. The highest BCUT2D eigenvalue weighted by molar-refractivity contribution is 7.16. The first-order valence-corrected chi connectivity index (χ1v) is 9.97. The number of aromatic amines is 1. The van der Waals surface area contributed by atoms with Crippen molar-refractivity contribution in [3.05, 3.63) is 63.5 Å². The average molecular weight is 413 g/mol. The van der Waals surface area contributed by atoms with Crippen LogP contribution in [0.25, 0.3) is 10.2 Å². The number of nitrogens with two attached hydrogens (primary N) is 1. The van der Waals surface area contributed by atoms with E-state index in [-0.39, 0.29) is 17.4 Å². The normalized spacial score (nSPS) is 13.9. The number of fused-ring (bicyclic) bond motifs is 1. The molecule has 29 heavy (non-hydrogen) atoms. The number of H-pyrrole nitrogens is 1. The summed E-state index contributed by atoms with van der Waals surface area (Å²) in [6, 6.07) is 9.31. The summed E-state index contributed by atoms with van der Waals surface area (Å²) in [6.45, 7) is 5.53. The van der Waals surface area contributed by atoms with Crippen LogP contribution < -0.4 is 15.3 Å². The zero-order valence-electron chi connectivity index (χ0n) is 16.5. The molecule has 0 spiro atoms. The molecular weight excluding hydrogens is 388 g/mol. The predicted octanol–water partition coefficient (Wildman–Crippen LogP) is 3.48. The third-order valence-electron chi connectivity index (χ3n) is 4.23. The number of benzene rings is 1. The lowest BCUT2D eigenvalue weighted by molar-refractivity contribution is 0.0284. The van der Waals surface area contributed by atoms with Gasteiger partial charge in [0.25, 0.3) is 0 Å². The molecule has 3 rings (SSSR count). The van der Waals surface area contributed by atoms with Crippen molar-refractivity contribution in [1.29, 1.82) is 0 Å². The summed E-state index contributed by atoms with van der Waals surface area (Å²) < 4.78 is 6.38. The zero-order chi connectivity index (χ0) is 21.0. The molecule has 0 fully saturated rings. The molecule has 4 N–H and O–H groups in total. The summed E-state index contributed by atoms with van der Waals surface area (Å²) in [5.74, 6) is 1.07. The first-order valence-electron chi connectivity index (χ1n) is 9.15. The highest BCUT2D eigenvalue weighted by atomic mass is 32.1. The molecule has 1 aromatic carbocycles. The molecule has 0 amide bonds. The average Bonchev–Trinajstić information content (AvgIpc) is 3.05. The van der Waals surface area contributed by atoms with Crippen molar-refractivity contribution >= 4 is 33.6 Å². The Morgan fingerprint density at radius 2 is 2.21 bits per heavy atom. The van der Waals surface area contributed by atoms with Gasteiger partial charge in [-0.1, -0.05) is 24.3 Å². The largest absolute Gasteiger partial charge is 0.489 e. The van der Waals surface area contributed by atoms with E-state index in [1.165, 1.54) is 11.3 Å². The van der Waals surface area contributed by atoms with E-state index < -0.39 is 5.60 Å². The van der Waals surface area contributed by atoms with E-state index in [1.54, 1.807) is 44.5 Å². The van der Waals surface area contributed by atoms with Crippen molar-refractivity contribution in [2.45, 2.75) is 32.3 Å². The molecule has 0 aliphatic rings. The maximum atomic E-state index is 11.5. The summed E-state index contributed by atoms with van der Waals surface area (Å²) in [6.07, 6.45) is 4.92. The lowest BCUT2D eigenvalue weighted by Gasteiger charge is -2.17. The third-order valence-corrected chi connectivity index (χ3v) is 5.08. The second kappa shape index (κ2) is 8.59. The molecule has 0 saturated carbocycles. The number of pyridine rings is 1. The van der Waals surface area contributed by atoms with Crippen molar-refractivity contribution < 1.29 is 9.84 Å². The molecule has 0 bridgehead atoms. The van der Waals surface area contributed by atoms with Crippen LogP contribution in [0.1, 0.15) is 32.3 Å². The van der Waals surface area contributed by atoms with Gasteiger partial charge in [-0.2, -0.15) is 0 Å². The fourth-order valence-corrected chi connectivity index (χ4v) is 3.35. The quantitative estimate of drug-likeness (QED) is 0.514. The minimum atomic E-state index is -0.903. The molecule has 1 atom stereocenters. The Balaban J connectivity index is 1.64. The second-order valence-corrected chi connectivity index (χ2v) is 8.40. The number of aliphatic imine (C=N–C) groups is 1. The molecule has 2 heterocycles. The van der Waals surface area contributed by atoms with Gasteiger partial charge < -0.3 is 20.6 Å². The Labute approximate surface area is 172 Å². The van der Waals surface area contributed by atoms with Crippen LogP contribution >= 0.6 is 11.3 Å². The summed E-state index contributed by atoms with van der Waals surface area (Å²) in [7, 11) is 0. The van der Waals surface area contributed by atoms with Crippen LogP contribution in [0.2, 0.25) is 0 Å². The molecule has 1 unspecified atom stereocenters. The van der Waals surface area contributed by atoms with Gasteiger partial charge in [0.15, 0.2) is 5.82 Å². The number of rotatable bonds is 7. The lowest BCUT2D eigenvalue weighted by atomic mass is 9.98. The van der Waals surface area contributed by atoms with Crippen LogP contribution in [0.4, 0.5) is 5.82 Å². The number of thiazole rings is 1. The van der Waals surface area contributed by atoms with Crippen LogP contribution in [0.3, 0.4) is 0 Å². The predicted molar refractivity (Wildman–Crippen MR) is 117 cm³/mol. The minimum absolute atomic E-state index is 0.0198. The number of hydrogen-bond acceptors (Lipinski definition) is 7. The monoisotopic (exact) mass is 412 g/mol. The Morgan fingerprint density at radius 1 is 1.41 bits per heavy atom. The van der Waals surface area contributed by atoms with Crippen LogP contribution in [0.15, 0.2) is 58.1 Å². The van der Waals surface area contributed by atoms with Crippen LogP contribution in [-0.2, 0) is 0 Å². The van der Waals surface area contributed by atoms with Gasteiger partial charge in [-0.05, 0) is 49.8 Å². The molecule has 0 saturated heterocycles. The highest BCUT2D eigenvalue weighted by Crippen LogP contribution is 2.25. The van der Waals surface area contributed by atoms with E-state index in [1.807, 2.05) is 25.1 Å². The van der Waals surface area contributed by atoms with Crippen LogP contribution in [0, 0.1) is 0 Å². The van der Waals surface area contributed by atoms with Crippen molar-refractivity contribution in [2.75, 3.05) is 6.61 Å². The van der Waals surface area contributed by atoms with E-state index in [0.29, 0.717) is 17.3 Å². The fraction of sp³-hybridized carbons (Fsp3) is 0.286. The highest BCUT2D eigenvalue weighted by Gasteiger charge is 2.13. The molecule has 3 aromatic rings. The molecule has 8 heteroatoms. The van der Waals surface area contributed by atoms with Gasteiger partial charge in [-0.15, -0.1) is 0 Å². The van der Waals surface area contributed by atoms with Gasteiger partial charge in [0, 0.05) is 17.8 Å². The maximum absolute atomic E-state index is 11.5. The number of ether oxygens (including phenoxy) is 1. The van der Waals surface area contributed by atoms with Crippen molar-refractivity contribution in [3.63, 3.8) is 0 Å². The summed E-state index contributed by atoms with van der Waals surface area (Å²) in [5.41, 5.74) is 7.82. The topological polar surface area (TPSA) is 114 Å². The first kappa shape index (κ1) is 20.8. The molecule has 2 aromatic heterocycles. The number of aromatic nitrogens is 2. The van der Waals surface area contributed by atoms with Crippen molar-refractivity contribution in [2.24, 2.45) is 10.7 Å². The molecule has 7 nitrogen and oxygen atoms in total. The van der Waals surface area contributed by atoms with Gasteiger partial charge >= 0.3 is 4.87 Å². The summed E-state index contributed by atoms with van der Waals surface area (Å²) in [4.78, 5) is 22.7. The molecule has 0 radical (unpaired) electrons. The summed E-state index contributed by atoms with van der Waals surface area (Å²) in [5, 5.41) is 9.68. The van der Waals surface area contributed by atoms with Gasteiger partial charge in [0.05, 0.1) is 22.0 Å². The summed E-state index contributed by atoms with van der Waals surface area (Å²) >= 11 is 1.19. The van der Waals surface area contributed by atoms with Crippen molar-refractivity contribution in [1.82, 2.24) is 9.97 Å². The number of nitrogens with one attached hydrogen (secondary N) is 1. The van der Waals surface area contributed by atoms with E-state index in [4.69, 9.17) is 10.5 Å². The standard InChI is InChI=1S/C21H24N4O3S/c1-13(14-4-6-17-18(10-14)29-20(26)25-17)16(22)8-9-23-19-7-5-15(11-24-19)28-12-21(2,3)27/h4-11,13,27H,12,22H2,1-3H3,(H,25,26). The van der Waals surface area contributed by atoms with Gasteiger partial charge in [0.2, 0.25) is 0 Å². The maximum Gasteiger partial charge on any atom is 0.305 e. The molecule has 0 aliphatic carbocycles.